The molecule has 1 atom stereocenters. The maximum absolute atomic E-state index is 13.7. The third-order valence-electron chi connectivity index (χ3n) is 3.46. The largest absolute Gasteiger partial charge is 0.481 e. The Bertz CT molecular complexity index is 688. The van der Waals surface area contributed by atoms with E-state index in [1.807, 2.05) is 6.92 Å². The van der Waals surface area contributed by atoms with E-state index in [1.54, 1.807) is 43.3 Å². The van der Waals surface area contributed by atoms with E-state index in [-0.39, 0.29) is 18.3 Å². The van der Waals surface area contributed by atoms with E-state index in [9.17, 15) is 9.18 Å². The van der Waals surface area contributed by atoms with E-state index in [2.05, 4.69) is 5.32 Å². The van der Waals surface area contributed by atoms with Crippen molar-refractivity contribution in [2.24, 2.45) is 0 Å². The fourth-order valence-electron chi connectivity index (χ4n) is 2.13. The van der Waals surface area contributed by atoms with E-state index in [1.165, 1.54) is 6.07 Å². The van der Waals surface area contributed by atoms with Crippen LogP contribution >= 0.6 is 0 Å². The highest BCUT2D eigenvalue weighted by atomic mass is 19.1. The number of aliphatic hydroxyl groups excluding tert-OH is 1. The molecule has 1 amide bonds. The van der Waals surface area contributed by atoms with Gasteiger partial charge in [0.15, 0.2) is 6.10 Å². The number of carbonyl (C=O) groups excluding carboxylic acids is 1. The van der Waals surface area contributed by atoms with Gasteiger partial charge in [0.2, 0.25) is 0 Å². The van der Waals surface area contributed by atoms with E-state index in [4.69, 9.17) is 9.84 Å². The first-order valence-corrected chi connectivity index (χ1v) is 7.49. The van der Waals surface area contributed by atoms with Gasteiger partial charge in [0, 0.05) is 5.69 Å². The van der Waals surface area contributed by atoms with Gasteiger partial charge in [-0.05, 0) is 48.7 Å². The van der Waals surface area contributed by atoms with Gasteiger partial charge in [-0.15, -0.1) is 0 Å². The second kappa shape index (κ2) is 7.74. The van der Waals surface area contributed by atoms with Crippen molar-refractivity contribution in [3.63, 3.8) is 0 Å². The molecule has 2 N–H and O–H groups in total. The number of carbonyl (C=O) groups is 1. The second-order valence-electron chi connectivity index (χ2n) is 5.21. The van der Waals surface area contributed by atoms with Crippen LogP contribution in [0.25, 0.3) is 0 Å². The van der Waals surface area contributed by atoms with Gasteiger partial charge < -0.3 is 15.2 Å². The van der Waals surface area contributed by atoms with E-state index < -0.39 is 6.10 Å². The van der Waals surface area contributed by atoms with Crippen LogP contribution in [0, 0.1) is 5.82 Å². The lowest BCUT2D eigenvalue weighted by Crippen LogP contribution is -2.30. The summed E-state index contributed by atoms with van der Waals surface area (Å²) in [6.07, 6.45) is -0.154. The Morgan fingerprint density at radius 2 is 2.09 bits per heavy atom. The van der Waals surface area contributed by atoms with Crippen LogP contribution < -0.4 is 10.1 Å². The quantitative estimate of drug-likeness (QED) is 0.859. The number of amides is 1. The number of benzene rings is 2. The Hall–Kier alpha value is -2.40. The normalized spacial score (nSPS) is 11.8. The Balaban J connectivity index is 2.00. The van der Waals surface area contributed by atoms with E-state index in [0.29, 0.717) is 29.0 Å². The summed E-state index contributed by atoms with van der Waals surface area (Å²) in [7, 11) is 0. The molecule has 23 heavy (non-hydrogen) atoms. The number of nitrogens with one attached hydrogen (secondary N) is 1. The highest BCUT2D eigenvalue weighted by Gasteiger charge is 2.15. The van der Waals surface area contributed by atoms with Crippen LogP contribution in [-0.4, -0.2) is 17.1 Å². The minimum atomic E-state index is -0.752. The maximum atomic E-state index is 13.7. The third-order valence-corrected chi connectivity index (χ3v) is 3.46. The molecule has 0 saturated heterocycles. The molecule has 5 heteroatoms. The van der Waals surface area contributed by atoms with Crippen LogP contribution in [0.15, 0.2) is 42.5 Å². The molecule has 0 aliphatic heterocycles. The summed E-state index contributed by atoms with van der Waals surface area (Å²) < 4.78 is 19.3. The molecule has 0 bridgehead atoms. The molecule has 1 unspecified atom stereocenters. The van der Waals surface area contributed by atoms with Crippen molar-refractivity contribution in [1.82, 2.24) is 0 Å². The number of anilines is 1. The first kappa shape index (κ1) is 17.0. The molecule has 122 valence electrons. The smallest absolute Gasteiger partial charge is 0.265 e. The van der Waals surface area contributed by atoms with Crippen LogP contribution in [0.5, 0.6) is 5.75 Å². The predicted molar refractivity (Wildman–Crippen MR) is 86.9 cm³/mol. The van der Waals surface area contributed by atoms with Gasteiger partial charge in [-0.2, -0.15) is 0 Å². The minimum Gasteiger partial charge on any atom is -0.481 e. The fraction of sp³-hybridized carbons (Fsp3) is 0.278. The molecule has 0 spiro atoms. The summed E-state index contributed by atoms with van der Waals surface area (Å²) in [6, 6.07) is 11.5. The first-order valence-electron chi connectivity index (χ1n) is 7.49. The van der Waals surface area contributed by atoms with Crippen molar-refractivity contribution in [3.8, 4) is 5.75 Å². The van der Waals surface area contributed by atoms with E-state index in [0.717, 1.165) is 0 Å². The standard InChI is InChI=1S/C18H20FNO3/c1-3-14-7-8-15(10-17(14)19)20-18(22)12(2)23-16-6-4-5-13(9-16)11-21/h4-10,12,21H,3,11H2,1-2H3,(H,20,22). The summed E-state index contributed by atoms with van der Waals surface area (Å²) in [5.74, 6) is -0.218. The molecule has 0 heterocycles. The lowest BCUT2D eigenvalue weighted by molar-refractivity contribution is -0.122. The number of halogens is 1. The van der Waals surface area contributed by atoms with Crippen molar-refractivity contribution >= 4 is 11.6 Å². The van der Waals surface area contributed by atoms with Crippen molar-refractivity contribution in [2.45, 2.75) is 33.0 Å². The van der Waals surface area contributed by atoms with Crippen LogP contribution in [0.1, 0.15) is 25.0 Å². The molecular weight excluding hydrogens is 297 g/mol. The van der Waals surface area contributed by atoms with Crippen molar-refractivity contribution < 1.29 is 19.0 Å². The van der Waals surface area contributed by atoms with Gasteiger partial charge in [0.05, 0.1) is 6.61 Å². The molecule has 0 aromatic heterocycles. The van der Waals surface area contributed by atoms with E-state index >= 15 is 0 Å². The summed E-state index contributed by atoms with van der Waals surface area (Å²) in [6.45, 7) is 3.38. The number of aliphatic hydroxyl groups is 1. The number of hydrogen-bond acceptors (Lipinski definition) is 3. The number of rotatable bonds is 6. The van der Waals surface area contributed by atoms with Gasteiger partial charge in [0.1, 0.15) is 11.6 Å². The highest BCUT2D eigenvalue weighted by molar-refractivity contribution is 5.94. The molecule has 0 fully saturated rings. The molecule has 0 radical (unpaired) electrons. The van der Waals surface area contributed by atoms with Crippen LogP contribution in [0.2, 0.25) is 0 Å². The van der Waals surface area contributed by atoms with Crippen LogP contribution in [-0.2, 0) is 17.8 Å². The molecule has 0 aliphatic carbocycles. The van der Waals surface area contributed by atoms with Crippen molar-refractivity contribution in [2.75, 3.05) is 5.32 Å². The fourth-order valence-corrected chi connectivity index (χ4v) is 2.13. The summed E-state index contributed by atoms with van der Waals surface area (Å²) in [5, 5.41) is 11.7. The average Bonchev–Trinajstić information content (AvgIpc) is 2.55. The van der Waals surface area contributed by atoms with Gasteiger partial charge >= 0.3 is 0 Å². The predicted octanol–water partition coefficient (Wildman–Crippen LogP) is 3.29. The lowest BCUT2D eigenvalue weighted by Gasteiger charge is -2.15. The summed E-state index contributed by atoms with van der Waals surface area (Å²) >= 11 is 0. The summed E-state index contributed by atoms with van der Waals surface area (Å²) in [4.78, 5) is 12.1. The van der Waals surface area contributed by atoms with Crippen molar-refractivity contribution in [3.05, 3.63) is 59.4 Å². The highest BCUT2D eigenvalue weighted by Crippen LogP contribution is 2.17. The SMILES string of the molecule is CCc1ccc(NC(=O)C(C)Oc2cccc(CO)c2)cc1F. The Kier molecular flexibility index (Phi) is 5.71. The lowest BCUT2D eigenvalue weighted by atomic mass is 10.1. The molecular formula is C18H20FNO3. The molecule has 0 aliphatic rings. The molecule has 4 nitrogen and oxygen atoms in total. The number of hydrogen-bond donors (Lipinski definition) is 2. The topological polar surface area (TPSA) is 58.6 Å². The zero-order valence-electron chi connectivity index (χ0n) is 13.2. The Labute approximate surface area is 134 Å². The van der Waals surface area contributed by atoms with Gasteiger partial charge in [0.25, 0.3) is 5.91 Å². The average molecular weight is 317 g/mol. The maximum Gasteiger partial charge on any atom is 0.265 e. The Morgan fingerprint density at radius 1 is 1.30 bits per heavy atom. The first-order chi connectivity index (χ1) is 11.0. The monoisotopic (exact) mass is 317 g/mol. The van der Waals surface area contributed by atoms with Crippen LogP contribution in [0.4, 0.5) is 10.1 Å². The molecule has 2 aromatic carbocycles. The van der Waals surface area contributed by atoms with Crippen molar-refractivity contribution in [1.29, 1.82) is 0 Å². The minimum absolute atomic E-state index is 0.0964. The molecule has 2 rings (SSSR count). The number of aryl methyl sites for hydroxylation is 1. The Morgan fingerprint density at radius 3 is 2.74 bits per heavy atom. The number of ether oxygens (including phenoxy) is 1. The van der Waals surface area contributed by atoms with Crippen LogP contribution in [0.3, 0.4) is 0 Å². The van der Waals surface area contributed by atoms with Gasteiger partial charge in [-0.25, -0.2) is 4.39 Å². The van der Waals surface area contributed by atoms with Gasteiger partial charge in [-0.3, -0.25) is 4.79 Å². The molecule has 0 saturated carbocycles. The second-order valence-corrected chi connectivity index (χ2v) is 5.21. The van der Waals surface area contributed by atoms with Gasteiger partial charge in [-0.1, -0.05) is 25.1 Å². The zero-order chi connectivity index (χ0) is 16.8. The third kappa shape index (κ3) is 4.53. The zero-order valence-corrected chi connectivity index (χ0v) is 13.2. The summed E-state index contributed by atoms with van der Waals surface area (Å²) in [5.41, 5.74) is 1.70. The molecule has 2 aromatic rings.